The van der Waals surface area contributed by atoms with Crippen LogP contribution in [0, 0.1) is 15.9 Å². The molecule has 1 aliphatic carbocycles. The molecule has 0 unspecified atom stereocenters. The number of nitro benzene ring substituents is 1. The second kappa shape index (κ2) is 11.0. The van der Waals surface area contributed by atoms with Crippen molar-refractivity contribution in [3.05, 3.63) is 126 Å². The van der Waals surface area contributed by atoms with Crippen LogP contribution in [0.4, 0.5) is 10.1 Å². The van der Waals surface area contributed by atoms with Crippen LogP contribution in [0.2, 0.25) is 5.02 Å². The van der Waals surface area contributed by atoms with Gasteiger partial charge in [-0.2, -0.15) is 4.68 Å². The predicted molar refractivity (Wildman–Crippen MR) is 155 cm³/mol. The standard InChI is InChI=1S/C30H25ClFN5O5/c1-2-34-27(17-42-16-18-6-4-3-5-7-18)33-36(30(34)39)20-10-11-22-23(12-20)24(19-8-9-19)15-35(29(22)38)28-25(31)13-21(37(40)41)14-26(28)32/h3-7,10-15,19H,2,8-9,16-17H2,1H3. The summed E-state index contributed by atoms with van der Waals surface area (Å²) >= 11 is 6.25. The number of nitrogens with zero attached hydrogens (tertiary/aromatic N) is 5. The SMILES string of the molecule is CCn1c(COCc2ccccc2)nn(-c2ccc3c(=O)n(-c4c(F)cc([N+](=O)[O-])cc4Cl)cc(C4CC4)c3c2)c1=O. The van der Waals surface area contributed by atoms with Gasteiger partial charge >= 0.3 is 5.69 Å². The zero-order chi connectivity index (χ0) is 29.5. The average Bonchev–Trinajstić information content (AvgIpc) is 3.77. The molecule has 3 aromatic carbocycles. The fourth-order valence-corrected chi connectivity index (χ4v) is 5.42. The number of pyridine rings is 1. The summed E-state index contributed by atoms with van der Waals surface area (Å²) in [7, 11) is 0. The van der Waals surface area contributed by atoms with E-state index in [2.05, 4.69) is 5.10 Å². The second-order valence-corrected chi connectivity index (χ2v) is 10.5. The third-order valence-corrected chi connectivity index (χ3v) is 7.63. The van der Waals surface area contributed by atoms with Gasteiger partial charge in [0.15, 0.2) is 11.6 Å². The van der Waals surface area contributed by atoms with Crippen LogP contribution in [-0.4, -0.2) is 23.8 Å². The lowest BCUT2D eigenvalue weighted by atomic mass is 10.0. The van der Waals surface area contributed by atoms with Crippen molar-refractivity contribution in [3.8, 4) is 11.4 Å². The van der Waals surface area contributed by atoms with Crippen LogP contribution >= 0.6 is 11.6 Å². The maximum atomic E-state index is 15.1. The second-order valence-electron chi connectivity index (χ2n) is 10.1. The molecule has 5 aromatic rings. The molecule has 2 heterocycles. The first-order valence-electron chi connectivity index (χ1n) is 13.4. The molecular weight excluding hydrogens is 565 g/mol. The van der Waals surface area contributed by atoms with Crippen molar-refractivity contribution in [2.45, 2.75) is 45.4 Å². The Labute approximate surface area is 243 Å². The molecule has 6 rings (SSSR count). The summed E-state index contributed by atoms with van der Waals surface area (Å²) in [6.45, 7) is 2.76. The van der Waals surface area contributed by atoms with Gasteiger partial charge in [0.2, 0.25) is 0 Å². The van der Waals surface area contributed by atoms with Gasteiger partial charge in [0.25, 0.3) is 11.2 Å². The minimum atomic E-state index is -0.979. The van der Waals surface area contributed by atoms with Crippen molar-refractivity contribution in [1.29, 1.82) is 0 Å². The van der Waals surface area contributed by atoms with Crippen LogP contribution in [-0.2, 0) is 24.5 Å². The molecule has 1 saturated carbocycles. The highest BCUT2D eigenvalue weighted by Gasteiger charge is 2.29. The fraction of sp³-hybridized carbons (Fsp3) is 0.233. The summed E-state index contributed by atoms with van der Waals surface area (Å²) < 4.78 is 24.8. The molecule has 0 atom stereocenters. The van der Waals surface area contributed by atoms with Gasteiger partial charge in [0, 0.05) is 24.2 Å². The maximum Gasteiger partial charge on any atom is 0.350 e. The topological polar surface area (TPSA) is 114 Å². The molecule has 10 nitrogen and oxygen atoms in total. The fourth-order valence-electron chi connectivity index (χ4n) is 5.12. The van der Waals surface area contributed by atoms with E-state index in [4.69, 9.17) is 16.3 Å². The molecule has 2 aromatic heterocycles. The van der Waals surface area contributed by atoms with Crippen molar-refractivity contribution in [2.75, 3.05) is 0 Å². The lowest BCUT2D eigenvalue weighted by molar-refractivity contribution is -0.385. The van der Waals surface area contributed by atoms with Crippen molar-refractivity contribution < 1.29 is 14.1 Å². The van der Waals surface area contributed by atoms with E-state index in [0.29, 0.717) is 35.4 Å². The van der Waals surface area contributed by atoms with Gasteiger partial charge in [-0.05, 0) is 60.4 Å². The summed E-state index contributed by atoms with van der Waals surface area (Å²) in [6, 6.07) is 16.4. The van der Waals surface area contributed by atoms with E-state index in [1.54, 1.807) is 24.4 Å². The van der Waals surface area contributed by atoms with E-state index >= 15 is 4.39 Å². The Kier molecular flexibility index (Phi) is 7.21. The van der Waals surface area contributed by atoms with Gasteiger partial charge in [-0.15, -0.1) is 5.10 Å². The van der Waals surface area contributed by atoms with Crippen molar-refractivity contribution in [1.82, 2.24) is 18.9 Å². The Balaban J connectivity index is 1.41. The van der Waals surface area contributed by atoms with Crippen molar-refractivity contribution in [3.63, 3.8) is 0 Å². The van der Waals surface area contributed by atoms with E-state index in [1.807, 2.05) is 37.3 Å². The number of aromatic nitrogens is 4. The Bertz CT molecular complexity index is 1940. The zero-order valence-electron chi connectivity index (χ0n) is 22.5. The van der Waals surface area contributed by atoms with Crippen LogP contribution in [0.1, 0.15) is 42.6 Å². The number of rotatable bonds is 9. The highest BCUT2D eigenvalue weighted by Crippen LogP contribution is 2.43. The molecule has 0 radical (unpaired) electrons. The van der Waals surface area contributed by atoms with E-state index in [9.17, 15) is 19.7 Å². The van der Waals surface area contributed by atoms with Crippen LogP contribution < -0.4 is 11.2 Å². The molecular formula is C30H25ClFN5O5. The minimum Gasteiger partial charge on any atom is -0.369 e. The molecule has 0 amide bonds. The van der Waals surface area contributed by atoms with Crippen molar-refractivity contribution in [2.24, 2.45) is 0 Å². The highest BCUT2D eigenvalue weighted by atomic mass is 35.5. The molecule has 0 saturated heterocycles. The van der Waals surface area contributed by atoms with Gasteiger partial charge in [0.05, 0.1) is 28.3 Å². The Hall–Kier alpha value is -4.61. The number of halogens is 2. The van der Waals surface area contributed by atoms with Crippen LogP contribution in [0.5, 0.6) is 0 Å². The molecule has 0 aliphatic heterocycles. The number of non-ortho nitro benzene ring substituents is 1. The smallest absolute Gasteiger partial charge is 0.350 e. The van der Waals surface area contributed by atoms with E-state index in [1.165, 1.54) is 9.25 Å². The largest absolute Gasteiger partial charge is 0.369 e. The summed E-state index contributed by atoms with van der Waals surface area (Å²) in [4.78, 5) is 37.3. The zero-order valence-corrected chi connectivity index (χ0v) is 23.3. The molecule has 0 N–H and O–H groups in total. The van der Waals surface area contributed by atoms with Crippen molar-refractivity contribution >= 4 is 28.1 Å². The number of hydrogen-bond donors (Lipinski definition) is 0. The van der Waals surface area contributed by atoms with Gasteiger partial charge in [0.1, 0.15) is 12.3 Å². The number of hydrogen-bond acceptors (Lipinski definition) is 6. The van der Waals surface area contributed by atoms with E-state index in [0.717, 1.165) is 40.7 Å². The molecule has 42 heavy (non-hydrogen) atoms. The van der Waals surface area contributed by atoms with Gasteiger partial charge in [-0.3, -0.25) is 24.0 Å². The monoisotopic (exact) mass is 589 g/mol. The van der Waals surface area contributed by atoms with Gasteiger partial charge in [-0.25, -0.2) is 9.18 Å². The lowest BCUT2D eigenvalue weighted by Crippen LogP contribution is -2.24. The van der Waals surface area contributed by atoms with Crippen LogP contribution in [0.25, 0.3) is 22.1 Å². The first-order chi connectivity index (χ1) is 20.3. The molecule has 0 bridgehead atoms. The quantitative estimate of drug-likeness (QED) is 0.162. The van der Waals surface area contributed by atoms with Gasteiger partial charge < -0.3 is 4.74 Å². The Morgan fingerprint density at radius 3 is 2.50 bits per heavy atom. The third-order valence-electron chi connectivity index (χ3n) is 7.34. The number of ether oxygens (including phenoxy) is 1. The van der Waals surface area contributed by atoms with Crippen LogP contribution in [0.3, 0.4) is 0 Å². The molecule has 12 heteroatoms. The Morgan fingerprint density at radius 1 is 1.07 bits per heavy atom. The van der Waals surface area contributed by atoms with Crippen LogP contribution in [0.15, 0.2) is 76.4 Å². The van der Waals surface area contributed by atoms with E-state index < -0.39 is 22.0 Å². The molecule has 1 fully saturated rings. The minimum absolute atomic E-state index is 0.126. The van der Waals surface area contributed by atoms with E-state index in [-0.39, 0.29) is 28.9 Å². The summed E-state index contributed by atoms with van der Waals surface area (Å²) in [5.74, 6) is -0.381. The number of benzene rings is 3. The van der Waals surface area contributed by atoms with Gasteiger partial charge in [-0.1, -0.05) is 41.9 Å². The highest BCUT2D eigenvalue weighted by molar-refractivity contribution is 6.32. The third kappa shape index (κ3) is 5.01. The molecule has 1 aliphatic rings. The Morgan fingerprint density at radius 2 is 1.83 bits per heavy atom. The first kappa shape index (κ1) is 27.6. The molecule has 214 valence electrons. The normalized spacial score (nSPS) is 13.1. The molecule has 0 spiro atoms. The summed E-state index contributed by atoms with van der Waals surface area (Å²) in [6.07, 6.45) is 3.29. The lowest BCUT2D eigenvalue weighted by Gasteiger charge is -2.15. The predicted octanol–water partition coefficient (Wildman–Crippen LogP) is 5.65. The average molecular weight is 590 g/mol. The summed E-state index contributed by atoms with van der Waals surface area (Å²) in [5.41, 5.74) is 0.623. The first-order valence-corrected chi connectivity index (χ1v) is 13.8. The maximum absolute atomic E-state index is 15.1. The summed E-state index contributed by atoms with van der Waals surface area (Å²) in [5, 5.41) is 16.4. The number of nitro groups is 1. The number of fused-ring (bicyclic) bond motifs is 1.